The first-order valence-corrected chi connectivity index (χ1v) is 5.72. The topological polar surface area (TPSA) is 116 Å². The van der Waals surface area contributed by atoms with E-state index >= 15 is 0 Å². The normalized spacial score (nSPS) is 10.3. The summed E-state index contributed by atoms with van der Waals surface area (Å²) in [6, 6.07) is 7.64. The smallest absolute Gasteiger partial charge is 0.269 e. The van der Waals surface area contributed by atoms with Crippen molar-refractivity contribution in [2.45, 2.75) is 6.61 Å². The van der Waals surface area contributed by atoms with E-state index in [-0.39, 0.29) is 5.69 Å². The minimum atomic E-state index is -0.459. The van der Waals surface area contributed by atoms with E-state index in [0.717, 1.165) is 0 Å². The van der Waals surface area contributed by atoms with Crippen molar-refractivity contribution in [2.75, 3.05) is 12.5 Å². The molecule has 2 rings (SSSR count). The first-order valence-electron chi connectivity index (χ1n) is 5.72. The standard InChI is InChI=1S/C12H13N5O3/c1-20-7-9-6-11(16-13)15-12(14-9)8-2-4-10(5-3-8)17(18)19/h2-6H,7,13H2,1H3,(H,14,15,16). The van der Waals surface area contributed by atoms with Crippen LogP contribution in [0.2, 0.25) is 0 Å². The van der Waals surface area contributed by atoms with Crippen LogP contribution in [0.25, 0.3) is 11.4 Å². The van der Waals surface area contributed by atoms with E-state index in [2.05, 4.69) is 15.4 Å². The summed E-state index contributed by atoms with van der Waals surface area (Å²) in [4.78, 5) is 18.7. The van der Waals surface area contributed by atoms with E-state index in [9.17, 15) is 10.1 Å². The van der Waals surface area contributed by atoms with Crippen molar-refractivity contribution < 1.29 is 9.66 Å². The maximum atomic E-state index is 10.6. The summed E-state index contributed by atoms with van der Waals surface area (Å²) in [7, 11) is 1.56. The number of nitro groups is 1. The highest BCUT2D eigenvalue weighted by Crippen LogP contribution is 2.21. The van der Waals surface area contributed by atoms with Gasteiger partial charge in [-0.1, -0.05) is 0 Å². The number of hydrogen-bond donors (Lipinski definition) is 2. The van der Waals surface area contributed by atoms with Gasteiger partial charge < -0.3 is 10.2 Å². The molecule has 0 aliphatic rings. The summed E-state index contributed by atoms with van der Waals surface area (Å²) in [6.45, 7) is 0.317. The number of non-ortho nitro benzene ring substituents is 1. The number of aromatic nitrogens is 2. The van der Waals surface area contributed by atoms with E-state index in [1.807, 2.05) is 0 Å². The average Bonchev–Trinajstić information content (AvgIpc) is 2.47. The van der Waals surface area contributed by atoms with Gasteiger partial charge in [-0.3, -0.25) is 10.1 Å². The zero-order valence-corrected chi connectivity index (χ0v) is 10.7. The molecule has 0 aliphatic carbocycles. The number of nitrogens with two attached hydrogens (primary N) is 1. The molecular formula is C12H13N5O3. The number of nitrogens with one attached hydrogen (secondary N) is 1. The Bertz CT molecular complexity index is 615. The molecule has 0 unspecified atom stereocenters. The highest BCUT2D eigenvalue weighted by molar-refractivity contribution is 5.59. The van der Waals surface area contributed by atoms with Crippen LogP contribution in [-0.4, -0.2) is 22.0 Å². The van der Waals surface area contributed by atoms with Crippen molar-refractivity contribution in [1.82, 2.24) is 9.97 Å². The Labute approximate surface area is 114 Å². The Kier molecular flexibility index (Phi) is 4.18. The van der Waals surface area contributed by atoms with Gasteiger partial charge in [0.25, 0.3) is 5.69 Å². The molecule has 0 amide bonds. The quantitative estimate of drug-likeness (QED) is 0.482. The molecule has 8 heteroatoms. The zero-order valence-electron chi connectivity index (χ0n) is 10.7. The molecule has 104 valence electrons. The molecule has 0 aliphatic heterocycles. The maximum absolute atomic E-state index is 10.6. The second-order valence-electron chi connectivity index (χ2n) is 3.95. The monoisotopic (exact) mass is 275 g/mol. The van der Waals surface area contributed by atoms with Gasteiger partial charge in [-0.15, -0.1) is 0 Å². The number of hydrazine groups is 1. The number of nitrogens with zero attached hydrogens (tertiary/aromatic N) is 3. The molecule has 0 atom stereocenters. The van der Waals surface area contributed by atoms with Gasteiger partial charge in [0.1, 0.15) is 5.82 Å². The highest BCUT2D eigenvalue weighted by atomic mass is 16.6. The molecule has 0 radical (unpaired) electrons. The summed E-state index contributed by atoms with van der Waals surface area (Å²) in [5.74, 6) is 6.22. The number of methoxy groups -OCH3 is 1. The van der Waals surface area contributed by atoms with Crippen LogP contribution in [0.4, 0.5) is 11.5 Å². The van der Waals surface area contributed by atoms with Crippen LogP contribution in [0.15, 0.2) is 30.3 Å². The molecule has 1 aromatic carbocycles. The van der Waals surface area contributed by atoms with Crippen LogP contribution in [0, 0.1) is 10.1 Å². The number of ether oxygens (including phenoxy) is 1. The SMILES string of the molecule is COCc1cc(NN)nc(-c2ccc([N+](=O)[O-])cc2)n1. The second kappa shape index (κ2) is 6.04. The van der Waals surface area contributed by atoms with Crippen LogP contribution in [0.3, 0.4) is 0 Å². The fraction of sp³-hybridized carbons (Fsp3) is 0.167. The lowest BCUT2D eigenvalue weighted by Crippen LogP contribution is -2.10. The number of hydrogen-bond acceptors (Lipinski definition) is 7. The van der Waals surface area contributed by atoms with Crippen LogP contribution in [0.5, 0.6) is 0 Å². The third-order valence-electron chi connectivity index (χ3n) is 2.56. The van der Waals surface area contributed by atoms with Gasteiger partial charge >= 0.3 is 0 Å². The average molecular weight is 275 g/mol. The molecule has 0 spiro atoms. The first-order chi connectivity index (χ1) is 9.63. The van der Waals surface area contributed by atoms with Crippen molar-refractivity contribution in [3.63, 3.8) is 0 Å². The number of nitro benzene ring substituents is 1. The van der Waals surface area contributed by atoms with E-state index in [0.29, 0.717) is 29.5 Å². The van der Waals surface area contributed by atoms with Gasteiger partial charge in [0.05, 0.1) is 17.2 Å². The molecular weight excluding hydrogens is 262 g/mol. The maximum Gasteiger partial charge on any atom is 0.269 e. The Morgan fingerprint density at radius 2 is 2.05 bits per heavy atom. The molecule has 0 saturated carbocycles. The van der Waals surface area contributed by atoms with Crippen molar-refractivity contribution in [1.29, 1.82) is 0 Å². The summed E-state index contributed by atoms with van der Waals surface area (Å²) in [5.41, 5.74) is 3.78. The predicted octanol–water partition coefficient (Wildman–Crippen LogP) is 1.48. The largest absolute Gasteiger partial charge is 0.378 e. The van der Waals surface area contributed by atoms with Crippen LogP contribution < -0.4 is 11.3 Å². The van der Waals surface area contributed by atoms with Gasteiger partial charge in [0.2, 0.25) is 0 Å². The molecule has 3 N–H and O–H groups in total. The van der Waals surface area contributed by atoms with E-state index in [4.69, 9.17) is 10.6 Å². The van der Waals surface area contributed by atoms with Crippen molar-refractivity contribution in [2.24, 2.45) is 5.84 Å². The number of rotatable bonds is 5. The van der Waals surface area contributed by atoms with E-state index in [1.54, 1.807) is 25.3 Å². The minimum absolute atomic E-state index is 0.0129. The van der Waals surface area contributed by atoms with Crippen LogP contribution in [0.1, 0.15) is 5.69 Å². The van der Waals surface area contributed by atoms with Crippen LogP contribution >= 0.6 is 0 Å². The van der Waals surface area contributed by atoms with Gasteiger partial charge in [0.15, 0.2) is 5.82 Å². The van der Waals surface area contributed by atoms with Gasteiger partial charge in [0, 0.05) is 30.9 Å². The molecule has 1 aromatic heterocycles. The lowest BCUT2D eigenvalue weighted by atomic mass is 10.2. The number of benzene rings is 1. The highest BCUT2D eigenvalue weighted by Gasteiger charge is 2.09. The lowest BCUT2D eigenvalue weighted by Gasteiger charge is -2.07. The van der Waals surface area contributed by atoms with Crippen molar-refractivity contribution in [3.8, 4) is 11.4 Å². The molecule has 0 fully saturated rings. The Morgan fingerprint density at radius 3 is 2.60 bits per heavy atom. The lowest BCUT2D eigenvalue weighted by molar-refractivity contribution is -0.384. The Hall–Kier alpha value is -2.58. The number of anilines is 1. The fourth-order valence-electron chi connectivity index (χ4n) is 1.65. The van der Waals surface area contributed by atoms with Crippen molar-refractivity contribution >= 4 is 11.5 Å². The number of nitrogen functional groups attached to an aromatic ring is 1. The Morgan fingerprint density at radius 1 is 1.35 bits per heavy atom. The predicted molar refractivity (Wildman–Crippen MR) is 72.6 cm³/mol. The minimum Gasteiger partial charge on any atom is -0.378 e. The molecule has 1 heterocycles. The third-order valence-corrected chi connectivity index (χ3v) is 2.56. The summed E-state index contributed by atoms with van der Waals surface area (Å²) in [6.07, 6.45) is 0. The molecule has 20 heavy (non-hydrogen) atoms. The van der Waals surface area contributed by atoms with Crippen molar-refractivity contribution in [3.05, 3.63) is 46.1 Å². The molecule has 2 aromatic rings. The zero-order chi connectivity index (χ0) is 14.5. The second-order valence-corrected chi connectivity index (χ2v) is 3.95. The van der Waals surface area contributed by atoms with Crippen LogP contribution in [-0.2, 0) is 11.3 Å². The summed E-state index contributed by atoms with van der Waals surface area (Å²) < 4.78 is 5.02. The Balaban J connectivity index is 2.40. The summed E-state index contributed by atoms with van der Waals surface area (Å²) in [5, 5.41) is 10.6. The fourth-order valence-corrected chi connectivity index (χ4v) is 1.65. The first kappa shape index (κ1) is 13.8. The molecule has 0 bridgehead atoms. The van der Waals surface area contributed by atoms with Gasteiger partial charge in [-0.05, 0) is 12.1 Å². The summed E-state index contributed by atoms with van der Waals surface area (Å²) >= 11 is 0. The van der Waals surface area contributed by atoms with E-state index < -0.39 is 4.92 Å². The van der Waals surface area contributed by atoms with E-state index in [1.165, 1.54) is 12.1 Å². The third kappa shape index (κ3) is 3.05. The van der Waals surface area contributed by atoms with Gasteiger partial charge in [-0.25, -0.2) is 15.8 Å². The molecule has 8 nitrogen and oxygen atoms in total. The molecule has 0 saturated heterocycles. The van der Waals surface area contributed by atoms with Gasteiger partial charge in [-0.2, -0.15) is 0 Å².